The van der Waals surface area contributed by atoms with Gasteiger partial charge in [-0.2, -0.15) is 0 Å². The van der Waals surface area contributed by atoms with Crippen LogP contribution in [-0.4, -0.2) is 82.5 Å². The summed E-state index contributed by atoms with van der Waals surface area (Å²) in [5.74, 6) is 1.53. The number of carbonyl (C=O) groups excluding carboxylic acids is 2. The fourth-order valence-corrected chi connectivity index (χ4v) is 4.67. The van der Waals surface area contributed by atoms with E-state index >= 15 is 0 Å². The second kappa shape index (κ2) is 9.69. The third-order valence-electron chi connectivity index (χ3n) is 6.50. The number of amides is 2. The smallest absolute Gasteiger partial charge is 0.236 e. The molecule has 4 rings (SSSR count). The quantitative estimate of drug-likeness (QED) is 0.746. The van der Waals surface area contributed by atoms with Crippen molar-refractivity contribution in [2.45, 2.75) is 63.7 Å². The molecule has 3 aliphatic heterocycles. The molecule has 29 heavy (non-hydrogen) atoms. The third-order valence-corrected chi connectivity index (χ3v) is 6.50. The van der Waals surface area contributed by atoms with Crippen molar-refractivity contribution >= 4 is 11.8 Å². The number of rotatable bonds is 5. The Hall–Kier alpha value is -1.96. The number of hydrogen-bond acceptors (Lipinski definition) is 6. The fourth-order valence-electron chi connectivity index (χ4n) is 4.67. The van der Waals surface area contributed by atoms with Crippen LogP contribution >= 0.6 is 0 Å². The summed E-state index contributed by atoms with van der Waals surface area (Å²) in [7, 11) is 0. The highest BCUT2D eigenvalue weighted by molar-refractivity contribution is 5.78. The van der Waals surface area contributed by atoms with Crippen molar-refractivity contribution in [1.29, 1.82) is 0 Å². The summed E-state index contributed by atoms with van der Waals surface area (Å²) in [6, 6.07) is 0. The zero-order valence-electron chi connectivity index (χ0n) is 17.4. The molecule has 0 aliphatic carbocycles. The maximum atomic E-state index is 12.7. The summed E-state index contributed by atoms with van der Waals surface area (Å²) < 4.78 is 5.80. The van der Waals surface area contributed by atoms with Crippen LogP contribution in [0.5, 0.6) is 0 Å². The van der Waals surface area contributed by atoms with Gasteiger partial charge in [-0.1, -0.05) is 12.8 Å². The van der Waals surface area contributed by atoms with Crippen LogP contribution in [0.15, 0.2) is 4.42 Å². The summed E-state index contributed by atoms with van der Waals surface area (Å²) in [4.78, 5) is 31.1. The second-order valence-electron chi connectivity index (χ2n) is 8.64. The summed E-state index contributed by atoms with van der Waals surface area (Å²) >= 11 is 0. The summed E-state index contributed by atoms with van der Waals surface area (Å²) in [6.07, 6.45) is 9.01. The highest BCUT2D eigenvalue weighted by atomic mass is 16.4. The van der Waals surface area contributed by atoms with Gasteiger partial charge in [-0.3, -0.25) is 14.5 Å². The molecule has 0 unspecified atom stereocenters. The first kappa shape index (κ1) is 20.3. The van der Waals surface area contributed by atoms with Crippen molar-refractivity contribution < 1.29 is 14.0 Å². The van der Waals surface area contributed by atoms with E-state index in [1.807, 2.05) is 9.80 Å². The standard InChI is InChI=1S/C21H33N5O3/c27-19(25-11-5-6-12-25)15-18-22-23-21(29-18)17-7-13-26(14-8-17)20(28)16-24-9-3-1-2-4-10-24/h17H,1-16H2. The normalized spacial score (nSPS) is 22.1. The maximum Gasteiger partial charge on any atom is 0.236 e. The molecule has 3 aliphatic rings. The molecule has 0 aromatic carbocycles. The minimum Gasteiger partial charge on any atom is -0.424 e. The number of likely N-dealkylation sites (tertiary alicyclic amines) is 3. The van der Waals surface area contributed by atoms with Gasteiger partial charge in [0, 0.05) is 32.1 Å². The van der Waals surface area contributed by atoms with Crippen molar-refractivity contribution in [2.24, 2.45) is 0 Å². The van der Waals surface area contributed by atoms with Gasteiger partial charge < -0.3 is 14.2 Å². The van der Waals surface area contributed by atoms with Gasteiger partial charge in [0.2, 0.25) is 23.6 Å². The Morgan fingerprint density at radius 2 is 1.41 bits per heavy atom. The van der Waals surface area contributed by atoms with Crippen LogP contribution < -0.4 is 0 Å². The van der Waals surface area contributed by atoms with E-state index in [1.165, 1.54) is 25.7 Å². The first-order valence-corrected chi connectivity index (χ1v) is 11.3. The Kier molecular flexibility index (Phi) is 6.79. The van der Waals surface area contributed by atoms with E-state index in [0.717, 1.165) is 65.0 Å². The molecule has 1 aromatic heterocycles. The third kappa shape index (κ3) is 5.35. The minimum absolute atomic E-state index is 0.0756. The molecule has 0 spiro atoms. The van der Waals surface area contributed by atoms with Crippen molar-refractivity contribution in [3.8, 4) is 0 Å². The SMILES string of the molecule is O=C(Cc1nnc(C2CCN(C(=O)CN3CCCCCC3)CC2)o1)N1CCCC1. The molecular weight excluding hydrogens is 370 g/mol. The summed E-state index contributed by atoms with van der Waals surface area (Å²) in [5.41, 5.74) is 0. The van der Waals surface area contributed by atoms with Crippen LogP contribution in [0.25, 0.3) is 0 Å². The molecule has 2 amide bonds. The lowest BCUT2D eigenvalue weighted by molar-refractivity contribution is -0.133. The van der Waals surface area contributed by atoms with Gasteiger partial charge in [-0.15, -0.1) is 10.2 Å². The number of aromatic nitrogens is 2. The van der Waals surface area contributed by atoms with Gasteiger partial charge >= 0.3 is 0 Å². The van der Waals surface area contributed by atoms with Gasteiger partial charge in [-0.05, 0) is 51.6 Å². The largest absolute Gasteiger partial charge is 0.424 e. The first-order valence-electron chi connectivity index (χ1n) is 11.3. The molecule has 0 atom stereocenters. The van der Waals surface area contributed by atoms with Gasteiger partial charge in [-0.25, -0.2) is 0 Å². The van der Waals surface area contributed by atoms with Crippen LogP contribution in [0.4, 0.5) is 0 Å². The van der Waals surface area contributed by atoms with Crippen molar-refractivity contribution in [3.05, 3.63) is 11.8 Å². The summed E-state index contributed by atoms with van der Waals surface area (Å²) in [5, 5.41) is 8.29. The minimum atomic E-state index is 0.0756. The monoisotopic (exact) mass is 403 g/mol. The van der Waals surface area contributed by atoms with E-state index in [1.54, 1.807) is 0 Å². The topological polar surface area (TPSA) is 82.8 Å². The van der Waals surface area contributed by atoms with Crippen LogP contribution in [-0.2, 0) is 16.0 Å². The molecule has 0 saturated carbocycles. The molecule has 160 valence electrons. The molecule has 1 aromatic rings. The van der Waals surface area contributed by atoms with E-state index in [2.05, 4.69) is 15.1 Å². The average Bonchev–Trinajstić information content (AvgIpc) is 3.37. The van der Waals surface area contributed by atoms with Gasteiger partial charge in [0.05, 0.1) is 6.54 Å². The Morgan fingerprint density at radius 3 is 2.10 bits per heavy atom. The number of piperidine rings is 1. The number of nitrogens with zero attached hydrogens (tertiary/aromatic N) is 5. The molecule has 4 heterocycles. The van der Waals surface area contributed by atoms with Crippen LogP contribution in [0.2, 0.25) is 0 Å². The molecule has 3 fully saturated rings. The average molecular weight is 404 g/mol. The van der Waals surface area contributed by atoms with E-state index in [9.17, 15) is 9.59 Å². The van der Waals surface area contributed by atoms with Crippen LogP contribution in [0.3, 0.4) is 0 Å². The molecule has 3 saturated heterocycles. The Morgan fingerprint density at radius 1 is 0.793 bits per heavy atom. The lowest BCUT2D eigenvalue weighted by Gasteiger charge is -2.32. The first-order chi connectivity index (χ1) is 14.2. The lowest BCUT2D eigenvalue weighted by atomic mass is 9.97. The Bertz CT molecular complexity index is 684. The van der Waals surface area contributed by atoms with Crippen molar-refractivity contribution in [3.63, 3.8) is 0 Å². The van der Waals surface area contributed by atoms with Crippen LogP contribution in [0, 0.1) is 0 Å². The highest BCUT2D eigenvalue weighted by Gasteiger charge is 2.29. The maximum absolute atomic E-state index is 12.7. The molecular formula is C21H33N5O3. The lowest BCUT2D eigenvalue weighted by Crippen LogP contribution is -2.44. The zero-order chi connectivity index (χ0) is 20.1. The van der Waals surface area contributed by atoms with Gasteiger partial charge in [0.15, 0.2) is 0 Å². The number of carbonyl (C=O) groups is 2. The Labute approximate surface area is 172 Å². The molecule has 8 heteroatoms. The Balaban J connectivity index is 1.23. The van der Waals surface area contributed by atoms with Crippen molar-refractivity contribution in [2.75, 3.05) is 45.8 Å². The zero-order valence-corrected chi connectivity index (χ0v) is 17.4. The predicted molar refractivity (Wildman–Crippen MR) is 107 cm³/mol. The highest BCUT2D eigenvalue weighted by Crippen LogP contribution is 2.27. The van der Waals surface area contributed by atoms with E-state index in [0.29, 0.717) is 18.3 Å². The van der Waals surface area contributed by atoms with Gasteiger partial charge in [0.25, 0.3) is 0 Å². The molecule has 8 nitrogen and oxygen atoms in total. The van der Waals surface area contributed by atoms with E-state index in [-0.39, 0.29) is 24.2 Å². The molecule has 0 bridgehead atoms. The summed E-state index contributed by atoms with van der Waals surface area (Å²) in [6.45, 7) is 5.79. The predicted octanol–water partition coefficient (Wildman–Crippen LogP) is 1.82. The second-order valence-corrected chi connectivity index (χ2v) is 8.64. The fraction of sp³-hybridized carbons (Fsp3) is 0.810. The van der Waals surface area contributed by atoms with Gasteiger partial charge in [0.1, 0.15) is 6.42 Å². The van der Waals surface area contributed by atoms with Crippen molar-refractivity contribution in [1.82, 2.24) is 24.9 Å². The molecule has 0 radical (unpaired) electrons. The van der Waals surface area contributed by atoms with E-state index in [4.69, 9.17) is 4.42 Å². The van der Waals surface area contributed by atoms with E-state index < -0.39 is 0 Å². The van der Waals surface area contributed by atoms with Crippen LogP contribution in [0.1, 0.15) is 69.1 Å². The molecule has 0 N–H and O–H groups in total. The number of hydrogen-bond donors (Lipinski definition) is 0.